The molecule has 1 saturated carbocycles. The first-order valence-corrected chi connectivity index (χ1v) is 8.37. The molecule has 3 rings (SSSR count). The number of rotatable bonds is 2. The topological polar surface area (TPSA) is 32.5 Å². The SMILES string of the molecule is CN1CCCC(CN)(N2CCC3CCCCC3C2)C1. The molecule has 19 heavy (non-hydrogen) atoms. The second-order valence-corrected chi connectivity index (χ2v) is 7.31. The Morgan fingerprint density at radius 3 is 2.58 bits per heavy atom. The summed E-state index contributed by atoms with van der Waals surface area (Å²) in [5.41, 5.74) is 6.52. The zero-order valence-electron chi connectivity index (χ0n) is 12.6. The van der Waals surface area contributed by atoms with E-state index in [0.29, 0.717) is 0 Å². The fourth-order valence-electron chi connectivity index (χ4n) is 4.92. The van der Waals surface area contributed by atoms with Crippen LogP contribution in [0.4, 0.5) is 0 Å². The number of likely N-dealkylation sites (N-methyl/N-ethyl adjacent to an activating group) is 1. The van der Waals surface area contributed by atoms with Crippen molar-refractivity contribution in [2.24, 2.45) is 17.6 Å². The molecular weight excluding hydrogens is 234 g/mol. The smallest absolute Gasteiger partial charge is 0.0458 e. The molecule has 110 valence electrons. The lowest BCUT2D eigenvalue weighted by Gasteiger charge is -2.53. The van der Waals surface area contributed by atoms with Crippen LogP contribution in [-0.4, -0.2) is 55.1 Å². The zero-order chi connectivity index (χ0) is 13.3. The first-order chi connectivity index (χ1) is 9.23. The largest absolute Gasteiger partial charge is 0.329 e. The van der Waals surface area contributed by atoms with E-state index in [2.05, 4.69) is 16.8 Å². The van der Waals surface area contributed by atoms with E-state index in [9.17, 15) is 0 Å². The van der Waals surface area contributed by atoms with Gasteiger partial charge in [0.1, 0.15) is 0 Å². The van der Waals surface area contributed by atoms with E-state index < -0.39 is 0 Å². The Balaban J connectivity index is 1.69. The van der Waals surface area contributed by atoms with E-state index in [0.717, 1.165) is 18.4 Å². The Kier molecular flexibility index (Phi) is 4.16. The quantitative estimate of drug-likeness (QED) is 0.828. The summed E-state index contributed by atoms with van der Waals surface area (Å²) < 4.78 is 0. The van der Waals surface area contributed by atoms with Crippen LogP contribution in [0.25, 0.3) is 0 Å². The molecule has 3 nitrogen and oxygen atoms in total. The highest BCUT2D eigenvalue weighted by molar-refractivity contribution is 5.00. The summed E-state index contributed by atoms with van der Waals surface area (Å²) in [6.45, 7) is 5.90. The number of hydrogen-bond donors (Lipinski definition) is 1. The summed E-state index contributed by atoms with van der Waals surface area (Å²) in [6.07, 6.45) is 9.96. The molecule has 3 unspecified atom stereocenters. The average molecular weight is 265 g/mol. The lowest BCUT2D eigenvalue weighted by molar-refractivity contribution is -0.0269. The minimum absolute atomic E-state index is 0.287. The number of likely N-dealkylation sites (tertiary alicyclic amines) is 2. The van der Waals surface area contributed by atoms with E-state index in [-0.39, 0.29) is 5.54 Å². The fourth-order valence-corrected chi connectivity index (χ4v) is 4.92. The van der Waals surface area contributed by atoms with Crippen LogP contribution >= 0.6 is 0 Å². The molecule has 0 aromatic carbocycles. The Labute approximate surface area is 118 Å². The van der Waals surface area contributed by atoms with E-state index in [1.807, 2.05) is 0 Å². The molecular formula is C16H31N3. The summed E-state index contributed by atoms with van der Waals surface area (Å²) in [6, 6.07) is 0. The molecule has 0 radical (unpaired) electrons. The van der Waals surface area contributed by atoms with Crippen LogP contribution in [0.3, 0.4) is 0 Å². The van der Waals surface area contributed by atoms with Gasteiger partial charge in [-0.15, -0.1) is 0 Å². The van der Waals surface area contributed by atoms with Crippen molar-refractivity contribution in [2.75, 3.05) is 39.8 Å². The van der Waals surface area contributed by atoms with Crippen molar-refractivity contribution in [3.05, 3.63) is 0 Å². The Bertz CT molecular complexity index is 306. The van der Waals surface area contributed by atoms with Crippen molar-refractivity contribution in [1.82, 2.24) is 9.80 Å². The van der Waals surface area contributed by atoms with Crippen LogP contribution in [-0.2, 0) is 0 Å². The van der Waals surface area contributed by atoms with Crippen LogP contribution in [0.1, 0.15) is 44.9 Å². The normalized spacial score (nSPS) is 42.0. The third-order valence-electron chi connectivity index (χ3n) is 6.09. The molecule has 2 heterocycles. The maximum Gasteiger partial charge on any atom is 0.0458 e. The molecule has 2 aliphatic heterocycles. The number of piperidine rings is 2. The third-order valence-corrected chi connectivity index (χ3v) is 6.09. The van der Waals surface area contributed by atoms with Gasteiger partial charge >= 0.3 is 0 Å². The van der Waals surface area contributed by atoms with Crippen molar-refractivity contribution < 1.29 is 0 Å². The molecule has 0 amide bonds. The molecule has 3 atom stereocenters. The van der Waals surface area contributed by atoms with Gasteiger partial charge in [0, 0.05) is 25.2 Å². The molecule has 1 aliphatic carbocycles. The van der Waals surface area contributed by atoms with Crippen molar-refractivity contribution in [3.63, 3.8) is 0 Å². The van der Waals surface area contributed by atoms with Crippen molar-refractivity contribution >= 4 is 0 Å². The van der Waals surface area contributed by atoms with Gasteiger partial charge < -0.3 is 10.6 Å². The van der Waals surface area contributed by atoms with Gasteiger partial charge in [0.05, 0.1) is 0 Å². The summed E-state index contributed by atoms with van der Waals surface area (Å²) in [4.78, 5) is 5.28. The first-order valence-electron chi connectivity index (χ1n) is 8.37. The zero-order valence-corrected chi connectivity index (χ0v) is 12.6. The monoisotopic (exact) mass is 265 g/mol. The van der Waals surface area contributed by atoms with Gasteiger partial charge in [-0.25, -0.2) is 0 Å². The van der Waals surface area contributed by atoms with Crippen LogP contribution in [0.2, 0.25) is 0 Å². The fraction of sp³-hybridized carbons (Fsp3) is 1.00. The van der Waals surface area contributed by atoms with Crippen molar-refractivity contribution in [1.29, 1.82) is 0 Å². The highest BCUT2D eigenvalue weighted by atomic mass is 15.3. The minimum atomic E-state index is 0.287. The minimum Gasteiger partial charge on any atom is -0.329 e. The van der Waals surface area contributed by atoms with E-state index in [1.54, 1.807) is 0 Å². The van der Waals surface area contributed by atoms with E-state index in [1.165, 1.54) is 71.1 Å². The van der Waals surface area contributed by atoms with Gasteiger partial charge in [0.25, 0.3) is 0 Å². The van der Waals surface area contributed by atoms with Gasteiger partial charge in [0.15, 0.2) is 0 Å². The van der Waals surface area contributed by atoms with Gasteiger partial charge in [-0.3, -0.25) is 4.90 Å². The molecule has 0 bridgehead atoms. The van der Waals surface area contributed by atoms with Gasteiger partial charge in [-0.2, -0.15) is 0 Å². The van der Waals surface area contributed by atoms with Crippen LogP contribution in [0.15, 0.2) is 0 Å². The standard InChI is InChI=1S/C16H31N3/c1-18-9-4-8-16(12-17,13-18)19-10-7-14-5-2-3-6-15(14)11-19/h14-15H,2-13,17H2,1H3. The van der Waals surface area contributed by atoms with Crippen molar-refractivity contribution in [2.45, 2.75) is 50.5 Å². The maximum atomic E-state index is 6.23. The molecule has 2 saturated heterocycles. The predicted octanol–water partition coefficient (Wildman–Crippen LogP) is 1.92. The van der Waals surface area contributed by atoms with Crippen LogP contribution < -0.4 is 5.73 Å². The average Bonchev–Trinajstić information content (AvgIpc) is 2.46. The Hall–Kier alpha value is -0.120. The lowest BCUT2D eigenvalue weighted by atomic mass is 9.73. The number of fused-ring (bicyclic) bond motifs is 1. The Morgan fingerprint density at radius 2 is 1.84 bits per heavy atom. The summed E-state index contributed by atoms with van der Waals surface area (Å²) in [5, 5.41) is 0. The van der Waals surface area contributed by atoms with E-state index in [4.69, 9.17) is 5.73 Å². The first kappa shape index (κ1) is 13.8. The molecule has 0 aromatic rings. The van der Waals surface area contributed by atoms with Gasteiger partial charge in [-0.1, -0.05) is 19.3 Å². The van der Waals surface area contributed by atoms with Crippen LogP contribution in [0, 0.1) is 11.8 Å². The maximum absolute atomic E-state index is 6.23. The molecule has 3 fully saturated rings. The summed E-state index contributed by atoms with van der Waals surface area (Å²) in [7, 11) is 2.26. The van der Waals surface area contributed by atoms with Crippen LogP contribution in [0.5, 0.6) is 0 Å². The molecule has 0 spiro atoms. The molecule has 0 aromatic heterocycles. The number of hydrogen-bond acceptors (Lipinski definition) is 3. The molecule has 3 heteroatoms. The Morgan fingerprint density at radius 1 is 1.05 bits per heavy atom. The molecule has 3 aliphatic rings. The van der Waals surface area contributed by atoms with E-state index >= 15 is 0 Å². The lowest BCUT2D eigenvalue weighted by Crippen LogP contribution is -2.64. The second kappa shape index (κ2) is 5.71. The number of nitrogens with two attached hydrogens (primary N) is 1. The molecule has 2 N–H and O–H groups in total. The highest BCUT2D eigenvalue weighted by Crippen LogP contribution is 2.39. The second-order valence-electron chi connectivity index (χ2n) is 7.31. The summed E-state index contributed by atoms with van der Waals surface area (Å²) in [5.74, 6) is 2.00. The summed E-state index contributed by atoms with van der Waals surface area (Å²) >= 11 is 0. The van der Waals surface area contributed by atoms with Gasteiger partial charge in [-0.05, 0) is 57.7 Å². The highest BCUT2D eigenvalue weighted by Gasteiger charge is 2.42. The van der Waals surface area contributed by atoms with Crippen molar-refractivity contribution in [3.8, 4) is 0 Å². The van der Waals surface area contributed by atoms with Gasteiger partial charge in [0.2, 0.25) is 0 Å². The number of nitrogens with zero attached hydrogens (tertiary/aromatic N) is 2. The third kappa shape index (κ3) is 2.70. The predicted molar refractivity (Wildman–Crippen MR) is 80.2 cm³/mol.